The lowest BCUT2D eigenvalue weighted by Crippen LogP contribution is -2.45. The summed E-state index contributed by atoms with van der Waals surface area (Å²) in [6, 6.07) is 2.07. The second kappa shape index (κ2) is 4.37. The Morgan fingerprint density at radius 1 is 1.31 bits per heavy atom. The Labute approximate surface area is 95.1 Å². The van der Waals surface area contributed by atoms with Crippen LogP contribution in [-0.4, -0.2) is 48.9 Å². The Hall–Kier alpha value is -1.81. The molecule has 1 aromatic rings. The standard InChI is InChI=1S/C9H13BN6/c10-16-3-1-15(2-4-16)9-7(5-11)8(12)13-6-14-9/h6H,1-4,10H2,(H2,12,13,14). The third kappa shape index (κ3) is 1.92. The molecule has 82 valence electrons. The highest BCUT2D eigenvalue weighted by atomic mass is 15.3. The number of nitrogens with two attached hydrogens (primary N) is 1. The number of hydrogen-bond donors (Lipinski definition) is 1. The summed E-state index contributed by atoms with van der Waals surface area (Å²) in [5.41, 5.74) is 6.04. The van der Waals surface area contributed by atoms with Crippen molar-refractivity contribution in [3.8, 4) is 6.07 Å². The van der Waals surface area contributed by atoms with Crippen LogP contribution in [0.4, 0.5) is 11.6 Å². The number of nitriles is 1. The summed E-state index contributed by atoms with van der Waals surface area (Å²) in [7, 11) is 2.08. The molecule has 1 aromatic heterocycles. The fourth-order valence-corrected chi connectivity index (χ4v) is 1.75. The van der Waals surface area contributed by atoms with Crippen molar-refractivity contribution in [1.82, 2.24) is 14.8 Å². The van der Waals surface area contributed by atoms with Gasteiger partial charge in [-0.1, -0.05) is 0 Å². The van der Waals surface area contributed by atoms with Gasteiger partial charge in [-0.2, -0.15) is 5.26 Å². The molecule has 1 aliphatic heterocycles. The van der Waals surface area contributed by atoms with Gasteiger partial charge < -0.3 is 15.4 Å². The molecule has 7 heteroatoms. The summed E-state index contributed by atoms with van der Waals surface area (Å²) < 4.78 is 0. The minimum absolute atomic E-state index is 0.256. The summed E-state index contributed by atoms with van der Waals surface area (Å²) in [5, 5.41) is 9.03. The third-order valence-electron chi connectivity index (χ3n) is 2.77. The minimum atomic E-state index is 0.256. The molecule has 0 radical (unpaired) electrons. The van der Waals surface area contributed by atoms with Crippen molar-refractivity contribution in [2.45, 2.75) is 0 Å². The van der Waals surface area contributed by atoms with E-state index in [1.807, 2.05) is 0 Å². The van der Waals surface area contributed by atoms with Crippen LogP contribution in [0.15, 0.2) is 6.33 Å². The lowest BCUT2D eigenvalue weighted by molar-refractivity contribution is 0.413. The zero-order valence-corrected chi connectivity index (χ0v) is 9.22. The molecular formula is C9H13BN6. The summed E-state index contributed by atoms with van der Waals surface area (Å²) in [6.07, 6.45) is 1.41. The van der Waals surface area contributed by atoms with Gasteiger partial charge >= 0.3 is 0 Å². The van der Waals surface area contributed by atoms with Crippen LogP contribution in [-0.2, 0) is 0 Å². The van der Waals surface area contributed by atoms with E-state index in [9.17, 15) is 0 Å². The van der Waals surface area contributed by atoms with E-state index in [4.69, 9.17) is 11.0 Å². The molecule has 0 unspecified atom stereocenters. The zero-order valence-electron chi connectivity index (χ0n) is 9.22. The number of aromatic nitrogens is 2. The van der Waals surface area contributed by atoms with Crippen LogP contribution in [0, 0.1) is 11.3 Å². The summed E-state index contributed by atoms with van der Waals surface area (Å²) >= 11 is 0. The van der Waals surface area contributed by atoms with E-state index in [0.29, 0.717) is 11.4 Å². The topological polar surface area (TPSA) is 82.1 Å². The molecule has 0 atom stereocenters. The van der Waals surface area contributed by atoms with Crippen molar-refractivity contribution in [2.75, 3.05) is 36.8 Å². The molecule has 1 aliphatic rings. The van der Waals surface area contributed by atoms with Crippen LogP contribution in [0.3, 0.4) is 0 Å². The van der Waals surface area contributed by atoms with Gasteiger partial charge in [0, 0.05) is 26.2 Å². The Balaban J connectivity index is 2.27. The smallest absolute Gasteiger partial charge is 0.185 e. The number of piperazine rings is 1. The summed E-state index contributed by atoms with van der Waals surface area (Å²) in [6.45, 7) is 3.66. The van der Waals surface area contributed by atoms with Crippen LogP contribution in [0.2, 0.25) is 0 Å². The monoisotopic (exact) mass is 216 g/mol. The van der Waals surface area contributed by atoms with Crippen LogP contribution >= 0.6 is 0 Å². The van der Waals surface area contributed by atoms with Crippen molar-refractivity contribution < 1.29 is 0 Å². The lowest BCUT2D eigenvalue weighted by Gasteiger charge is -2.33. The second-order valence-corrected chi connectivity index (χ2v) is 3.86. The normalized spacial score (nSPS) is 17.1. The van der Waals surface area contributed by atoms with Gasteiger partial charge in [-0.25, -0.2) is 9.97 Å². The van der Waals surface area contributed by atoms with E-state index in [2.05, 4.69) is 33.7 Å². The molecule has 0 saturated carbocycles. The Bertz CT molecular complexity index is 420. The van der Waals surface area contributed by atoms with E-state index >= 15 is 0 Å². The van der Waals surface area contributed by atoms with Gasteiger partial charge in [-0.05, 0) is 0 Å². The number of rotatable bonds is 1. The van der Waals surface area contributed by atoms with Crippen LogP contribution < -0.4 is 10.6 Å². The molecular weight excluding hydrogens is 203 g/mol. The second-order valence-electron chi connectivity index (χ2n) is 3.86. The van der Waals surface area contributed by atoms with Gasteiger partial charge in [0.15, 0.2) is 13.8 Å². The summed E-state index contributed by atoms with van der Waals surface area (Å²) in [4.78, 5) is 12.3. The number of hydrogen-bond acceptors (Lipinski definition) is 6. The van der Waals surface area contributed by atoms with Crippen molar-refractivity contribution in [3.63, 3.8) is 0 Å². The van der Waals surface area contributed by atoms with Gasteiger partial charge in [0.25, 0.3) is 0 Å². The molecule has 0 spiro atoms. The number of anilines is 2. The first-order chi connectivity index (χ1) is 7.72. The van der Waals surface area contributed by atoms with Crippen molar-refractivity contribution in [3.05, 3.63) is 11.9 Å². The first-order valence-electron chi connectivity index (χ1n) is 5.16. The minimum Gasteiger partial charge on any atom is -0.382 e. The number of nitrogens with zero attached hydrogens (tertiary/aromatic N) is 5. The molecule has 0 amide bonds. The molecule has 0 aliphatic carbocycles. The van der Waals surface area contributed by atoms with Crippen LogP contribution in [0.1, 0.15) is 5.56 Å². The molecule has 0 aromatic carbocycles. The molecule has 16 heavy (non-hydrogen) atoms. The number of nitrogen functional groups attached to an aromatic ring is 1. The van der Waals surface area contributed by atoms with Crippen molar-refractivity contribution in [2.24, 2.45) is 0 Å². The van der Waals surface area contributed by atoms with E-state index in [-0.39, 0.29) is 5.82 Å². The predicted octanol–water partition coefficient (Wildman–Crippen LogP) is -1.40. The first-order valence-corrected chi connectivity index (χ1v) is 5.16. The molecule has 2 N–H and O–H groups in total. The Morgan fingerprint density at radius 3 is 2.62 bits per heavy atom. The fraction of sp³-hybridized carbons (Fsp3) is 0.444. The maximum atomic E-state index is 9.03. The highest BCUT2D eigenvalue weighted by Crippen LogP contribution is 2.20. The van der Waals surface area contributed by atoms with Gasteiger partial charge in [0.05, 0.1) is 0 Å². The zero-order chi connectivity index (χ0) is 11.5. The fourth-order valence-electron chi connectivity index (χ4n) is 1.75. The maximum Gasteiger partial charge on any atom is 0.185 e. The highest BCUT2D eigenvalue weighted by Gasteiger charge is 2.19. The molecule has 6 nitrogen and oxygen atoms in total. The average molecular weight is 216 g/mol. The Morgan fingerprint density at radius 2 is 2.00 bits per heavy atom. The highest BCUT2D eigenvalue weighted by molar-refractivity contribution is 6.04. The molecule has 2 rings (SSSR count). The molecule has 1 fully saturated rings. The molecule has 1 saturated heterocycles. The van der Waals surface area contributed by atoms with Gasteiger partial charge in [-0.3, -0.25) is 0 Å². The van der Waals surface area contributed by atoms with E-state index in [0.717, 1.165) is 26.2 Å². The van der Waals surface area contributed by atoms with Crippen molar-refractivity contribution in [1.29, 1.82) is 5.26 Å². The predicted molar refractivity (Wildman–Crippen MR) is 63.5 cm³/mol. The molecule has 2 heterocycles. The van der Waals surface area contributed by atoms with E-state index < -0.39 is 0 Å². The quantitative estimate of drug-likeness (QED) is 0.581. The van der Waals surface area contributed by atoms with Gasteiger partial charge in [0.2, 0.25) is 0 Å². The lowest BCUT2D eigenvalue weighted by atomic mass is 10.2. The first kappa shape index (κ1) is 10.7. The maximum absolute atomic E-state index is 9.03. The molecule has 0 bridgehead atoms. The van der Waals surface area contributed by atoms with E-state index in [1.165, 1.54) is 6.33 Å². The third-order valence-corrected chi connectivity index (χ3v) is 2.77. The SMILES string of the molecule is BN1CCN(c2ncnc(N)c2C#N)CC1. The largest absolute Gasteiger partial charge is 0.382 e. The van der Waals surface area contributed by atoms with Crippen LogP contribution in [0.5, 0.6) is 0 Å². The Kier molecular flexibility index (Phi) is 2.92. The average Bonchev–Trinajstić information content (AvgIpc) is 2.30. The van der Waals surface area contributed by atoms with Crippen molar-refractivity contribution >= 4 is 19.6 Å². The van der Waals surface area contributed by atoms with Gasteiger partial charge in [0.1, 0.15) is 23.8 Å². The van der Waals surface area contributed by atoms with Gasteiger partial charge in [-0.15, -0.1) is 0 Å². The summed E-state index contributed by atoms with van der Waals surface area (Å²) in [5.74, 6) is 0.912. The van der Waals surface area contributed by atoms with E-state index in [1.54, 1.807) is 0 Å². The van der Waals surface area contributed by atoms with Crippen LogP contribution in [0.25, 0.3) is 0 Å².